The van der Waals surface area contributed by atoms with Crippen LogP contribution in [0.15, 0.2) is 23.8 Å². The molecular formula is C13H20O. The van der Waals surface area contributed by atoms with Crippen LogP contribution in [0.1, 0.15) is 44.9 Å². The van der Waals surface area contributed by atoms with Crippen LogP contribution >= 0.6 is 0 Å². The molecule has 1 saturated carbocycles. The largest absolute Gasteiger partial charge is 0.393 e. The van der Waals surface area contributed by atoms with Gasteiger partial charge in [0.2, 0.25) is 0 Å². The van der Waals surface area contributed by atoms with Crippen LogP contribution < -0.4 is 0 Å². The fourth-order valence-electron chi connectivity index (χ4n) is 2.66. The van der Waals surface area contributed by atoms with Crippen LogP contribution in [0.2, 0.25) is 0 Å². The molecular weight excluding hydrogens is 172 g/mol. The SMILES string of the molecule is OC(CC1=CC=CC1)CC1CCCC1. The topological polar surface area (TPSA) is 20.2 Å². The van der Waals surface area contributed by atoms with E-state index in [0.717, 1.165) is 25.2 Å². The first-order chi connectivity index (χ1) is 6.84. The van der Waals surface area contributed by atoms with Gasteiger partial charge in [0.05, 0.1) is 6.10 Å². The third-order valence-electron chi connectivity index (χ3n) is 3.43. The molecule has 0 heterocycles. The second-order valence-electron chi connectivity index (χ2n) is 4.70. The number of allylic oxidation sites excluding steroid dienone is 3. The highest BCUT2D eigenvalue weighted by atomic mass is 16.3. The summed E-state index contributed by atoms with van der Waals surface area (Å²) in [5.41, 5.74) is 1.40. The van der Waals surface area contributed by atoms with Gasteiger partial charge in [0.25, 0.3) is 0 Å². The summed E-state index contributed by atoms with van der Waals surface area (Å²) >= 11 is 0. The van der Waals surface area contributed by atoms with Gasteiger partial charge < -0.3 is 5.11 Å². The van der Waals surface area contributed by atoms with Crippen molar-refractivity contribution in [3.63, 3.8) is 0 Å². The number of aliphatic hydroxyl groups excluding tert-OH is 1. The molecule has 1 N–H and O–H groups in total. The summed E-state index contributed by atoms with van der Waals surface area (Å²) in [6, 6.07) is 0. The van der Waals surface area contributed by atoms with E-state index in [4.69, 9.17) is 0 Å². The highest BCUT2D eigenvalue weighted by Gasteiger charge is 2.19. The van der Waals surface area contributed by atoms with Crippen molar-refractivity contribution in [2.24, 2.45) is 5.92 Å². The number of aliphatic hydroxyl groups is 1. The summed E-state index contributed by atoms with van der Waals surface area (Å²) in [6.45, 7) is 0. The monoisotopic (exact) mass is 192 g/mol. The normalized spacial score (nSPS) is 24.2. The van der Waals surface area contributed by atoms with Crippen molar-refractivity contribution in [3.05, 3.63) is 23.8 Å². The molecule has 2 aliphatic carbocycles. The molecule has 0 aromatic carbocycles. The molecule has 0 bridgehead atoms. The van der Waals surface area contributed by atoms with E-state index in [1.807, 2.05) is 0 Å². The minimum atomic E-state index is -0.0933. The molecule has 0 radical (unpaired) electrons. The van der Waals surface area contributed by atoms with E-state index < -0.39 is 0 Å². The summed E-state index contributed by atoms with van der Waals surface area (Å²) in [6.07, 6.45) is 14.7. The summed E-state index contributed by atoms with van der Waals surface area (Å²) in [7, 11) is 0. The van der Waals surface area contributed by atoms with Crippen molar-refractivity contribution in [2.75, 3.05) is 0 Å². The van der Waals surface area contributed by atoms with Crippen LogP contribution in [0.25, 0.3) is 0 Å². The van der Waals surface area contributed by atoms with Crippen LogP contribution in [0.5, 0.6) is 0 Å². The van der Waals surface area contributed by atoms with Gasteiger partial charge in [0.15, 0.2) is 0 Å². The summed E-state index contributed by atoms with van der Waals surface area (Å²) in [4.78, 5) is 0. The zero-order chi connectivity index (χ0) is 9.80. The summed E-state index contributed by atoms with van der Waals surface area (Å²) < 4.78 is 0. The van der Waals surface area contributed by atoms with E-state index in [1.165, 1.54) is 31.3 Å². The van der Waals surface area contributed by atoms with Crippen LogP contribution in [0, 0.1) is 5.92 Å². The Kier molecular flexibility index (Phi) is 3.41. The first kappa shape index (κ1) is 9.97. The predicted octanol–water partition coefficient (Wildman–Crippen LogP) is 3.20. The molecule has 2 rings (SSSR count). The molecule has 1 fully saturated rings. The molecule has 0 aromatic heterocycles. The molecule has 14 heavy (non-hydrogen) atoms. The van der Waals surface area contributed by atoms with Gasteiger partial charge in [-0.3, -0.25) is 0 Å². The first-order valence-electron chi connectivity index (χ1n) is 5.87. The van der Waals surface area contributed by atoms with Gasteiger partial charge in [0, 0.05) is 0 Å². The smallest absolute Gasteiger partial charge is 0.0580 e. The zero-order valence-electron chi connectivity index (χ0n) is 8.78. The highest BCUT2D eigenvalue weighted by molar-refractivity contribution is 5.23. The Morgan fingerprint density at radius 3 is 2.79 bits per heavy atom. The lowest BCUT2D eigenvalue weighted by atomic mass is 9.96. The molecule has 78 valence electrons. The highest BCUT2D eigenvalue weighted by Crippen LogP contribution is 2.30. The average Bonchev–Trinajstić information content (AvgIpc) is 2.76. The Bertz CT molecular complexity index is 234. The third kappa shape index (κ3) is 2.71. The molecule has 1 atom stereocenters. The Morgan fingerprint density at radius 2 is 2.14 bits per heavy atom. The molecule has 0 amide bonds. The fourth-order valence-corrected chi connectivity index (χ4v) is 2.66. The molecule has 0 aliphatic heterocycles. The summed E-state index contributed by atoms with van der Waals surface area (Å²) in [5, 5.41) is 9.90. The Hall–Kier alpha value is -0.560. The van der Waals surface area contributed by atoms with Crippen LogP contribution in [0.4, 0.5) is 0 Å². The lowest BCUT2D eigenvalue weighted by molar-refractivity contribution is 0.142. The van der Waals surface area contributed by atoms with Crippen molar-refractivity contribution in [1.82, 2.24) is 0 Å². The number of hydrogen-bond acceptors (Lipinski definition) is 1. The van der Waals surface area contributed by atoms with Gasteiger partial charge in [0.1, 0.15) is 0 Å². The molecule has 2 aliphatic rings. The first-order valence-corrected chi connectivity index (χ1v) is 5.87. The van der Waals surface area contributed by atoms with E-state index in [0.29, 0.717) is 0 Å². The van der Waals surface area contributed by atoms with Gasteiger partial charge in [-0.2, -0.15) is 0 Å². The molecule has 0 aromatic rings. The molecule has 0 spiro atoms. The van der Waals surface area contributed by atoms with Gasteiger partial charge >= 0.3 is 0 Å². The standard InChI is InChI=1S/C13H20O/c14-13(9-11-5-1-2-6-11)10-12-7-3-4-8-12/h1-2,5,12-14H,3-4,6-10H2. The van der Waals surface area contributed by atoms with Crippen molar-refractivity contribution >= 4 is 0 Å². The quantitative estimate of drug-likeness (QED) is 0.725. The van der Waals surface area contributed by atoms with Crippen LogP contribution in [-0.2, 0) is 0 Å². The molecule has 1 unspecified atom stereocenters. The number of hydrogen-bond donors (Lipinski definition) is 1. The molecule has 1 nitrogen and oxygen atoms in total. The van der Waals surface area contributed by atoms with E-state index in [1.54, 1.807) is 0 Å². The van der Waals surface area contributed by atoms with E-state index in [9.17, 15) is 5.11 Å². The van der Waals surface area contributed by atoms with E-state index in [-0.39, 0.29) is 6.10 Å². The molecule has 1 heteroatoms. The van der Waals surface area contributed by atoms with Crippen molar-refractivity contribution < 1.29 is 5.11 Å². The minimum absolute atomic E-state index is 0.0933. The van der Waals surface area contributed by atoms with Crippen LogP contribution in [-0.4, -0.2) is 11.2 Å². The van der Waals surface area contributed by atoms with Crippen molar-refractivity contribution in [1.29, 1.82) is 0 Å². The Labute approximate surface area is 86.5 Å². The van der Waals surface area contributed by atoms with E-state index in [2.05, 4.69) is 18.2 Å². The second kappa shape index (κ2) is 4.79. The van der Waals surface area contributed by atoms with Gasteiger partial charge in [-0.15, -0.1) is 0 Å². The lowest BCUT2D eigenvalue weighted by Crippen LogP contribution is -2.12. The molecule has 0 saturated heterocycles. The van der Waals surface area contributed by atoms with Crippen molar-refractivity contribution in [2.45, 2.75) is 51.0 Å². The third-order valence-corrected chi connectivity index (χ3v) is 3.43. The second-order valence-corrected chi connectivity index (χ2v) is 4.70. The zero-order valence-corrected chi connectivity index (χ0v) is 8.78. The van der Waals surface area contributed by atoms with E-state index >= 15 is 0 Å². The van der Waals surface area contributed by atoms with Crippen LogP contribution in [0.3, 0.4) is 0 Å². The average molecular weight is 192 g/mol. The predicted molar refractivity (Wildman–Crippen MR) is 59.0 cm³/mol. The number of rotatable bonds is 4. The maximum absolute atomic E-state index is 9.90. The fraction of sp³-hybridized carbons (Fsp3) is 0.692. The van der Waals surface area contributed by atoms with Gasteiger partial charge in [-0.25, -0.2) is 0 Å². The summed E-state index contributed by atoms with van der Waals surface area (Å²) in [5.74, 6) is 0.806. The minimum Gasteiger partial charge on any atom is -0.393 e. The Morgan fingerprint density at radius 1 is 1.36 bits per heavy atom. The maximum atomic E-state index is 9.90. The Balaban J connectivity index is 1.70. The van der Waals surface area contributed by atoms with Gasteiger partial charge in [-0.05, 0) is 25.2 Å². The van der Waals surface area contributed by atoms with Gasteiger partial charge in [-0.1, -0.05) is 49.5 Å². The maximum Gasteiger partial charge on any atom is 0.0580 e. The van der Waals surface area contributed by atoms with Crippen molar-refractivity contribution in [3.8, 4) is 0 Å². The lowest BCUT2D eigenvalue weighted by Gasteiger charge is -2.15.